The summed E-state index contributed by atoms with van der Waals surface area (Å²) >= 11 is 4.82. The first kappa shape index (κ1) is 18.8. The van der Waals surface area contributed by atoms with Crippen LogP contribution in [0.15, 0.2) is 0 Å². The summed E-state index contributed by atoms with van der Waals surface area (Å²) in [5.41, 5.74) is 5.44. The first-order chi connectivity index (χ1) is 8.66. The Labute approximate surface area is 123 Å². The zero-order chi connectivity index (χ0) is 15.1. The lowest BCUT2D eigenvalue weighted by Crippen LogP contribution is -2.44. The molecule has 3 N–H and O–H groups in total. The van der Waals surface area contributed by atoms with Crippen LogP contribution in [0.2, 0.25) is 0 Å². The summed E-state index contributed by atoms with van der Waals surface area (Å²) in [4.78, 5) is 0.0405. The number of thiocarbonyl (C=S) groups is 1. The van der Waals surface area contributed by atoms with Crippen LogP contribution in [0.5, 0.6) is 0 Å². The fourth-order valence-corrected chi connectivity index (χ4v) is 4.00. The number of nitrogens with two attached hydrogens (primary N) is 1. The minimum atomic E-state index is -3.45. The van der Waals surface area contributed by atoms with Crippen molar-refractivity contribution in [1.82, 2.24) is 4.72 Å². The third-order valence-corrected chi connectivity index (χ3v) is 5.59. The third-order valence-electron chi connectivity index (χ3n) is 3.27. The Morgan fingerprint density at radius 2 is 1.89 bits per heavy atom. The van der Waals surface area contributed by atoms with Crippen LogP contribution < -0.4 is 10.5 Å². The normalized spacial score (nSPS) is 14.3. The van der Waals surface area contributed by atoms with Gasteiger partial charge in [0.1, 0.15) is 5.25 Å². The number of unbranched alkanes of at least 4 members (excludes halogenated alkanes) is 2. The SMILES string of the molecule is CCCCCC(C)(C)CNS(=O)(=O)C(CC)C(N)=S. The van der Waals surface area contributed by atoms with Crippen LogP contribution in [0.25, 0.3) is 0 Å². The van der Waals surface area contributed by atoms with Crippen LogP contribution in [0.4, 0.5) is 0 Å². The molecule has 114 valence electrons. The lowest BCUT2D eigenvalue weighted by Gasteiger charge is -2.26. The molecule has 6 heteroatoms. The van der Waals surface area contributed by atoms with Crippen molar-refractivity contribution in [3.63, 3.8) is 0 Å². The van der Waals surface area contributed by atoms with Gasteiger partial charge < -0.3 is 5.73 Å². The van der Waals surface area contributed by atoms with Gasteiger partial charge in [-0.05, 0) is 18.3 Å². The minimum Gasteiger partial charge on any atom is -0.392 e. The van der Waals surface area contributed by atoms with Gasteiger partial charge in [-0.25, -0.2) is 13.1 Å². The van der Waals surface area contributed by atoms with Crippen LogP contribution in [0.3, 0.4) is 0 Å². The van der Waals surface area contributed by atoms with Gasteiger partial charge in [-0.2, -0.15) is 0 Å². The van der Waals surface area contributed by atoms with Crippen molar-refractivity contribution >= 4 is 27.2 Å². The van der Waals surface area contributed by atoms with Crippen molar-refractivity contribution in [3.8, 4) is 0 Å². The molecule has 0 saturated carbocycles. The molecule has 0 spiro atoms. The molecule has 0 aromatic heterocycles. The van der Waals surface area contributed by atoms with Gasteiger partial charge in [-0.15, -0.1) is 0 Å². The van der Waals surface area contributed by atoms with Crippen LogP contribution in [-0.2, 0) is 10.0 Å². The van der Waals surface area contributed by atoms with Gasteiger partial charge in [-0.1, -0.05) is 59.2 Å². The maximum absolute atomic E-state index is 12.1. The molecule has 19 heavy (non-hydrogen) atoms. The lowest BCUT2D eigenvalue weighted by atomic mass is 9.87. The van der Waals surface area contributed by atoms with E-state index in [4.69, 9.17) is 18.0 Å². The van der Waals surface area contributed by atoms with Crippen molar-refractivity contribution in [3.05, 3.63) is 0 Å². The summed E-state index contributed by atoms with van der Waals surface area (Å²) in [6.45, 7) is 8.51. The molecule has 1 atom stereocenters. The Balaban J connectivity index is 4.48. The average Bonchev–Trinajstić information content (AvgIpc) is 2.27. The second-order valence-corrected chi connectivity index (χ2v) is 8.21. The highest BCUT2D eigenvalue weighted by Gasteiger charge is 2.28. The van der Waals surface area contributed by atoms with E-state index in [-0.39, 0.29) is 10.4 Å². The van der Waals surface area contributed by atoms with Crippen molar-refractivity contribution in [2.75, 3.05) is 6.54 Å². The summed E-state index contributed by atoms with van der Waals surface area (Å²) < 4.78 is 26.9. The fourth-order valence-electron chi connectivity index (χ4n) is 1.91. The highest BCUT2D eigenvalue weighted by Crippen LogP contribution is 2.23. The van der Waals surface area contributed by atoms with Crippen molar-refractivity contribution in [2.24, 2.45) is 11.1 Å². The lowest BCUT2D eigenvalue weighted by molar-refractivity contribution is 0.320. The molecule has 0 rings (SSSR count). The highest BCUT2D eigenvalue weighted by molar-refractivity contribution is 7.93. The predicted molar refractivity (Wildman–Crippen MR) is 85.7 cm³/mol. The molecule has 0 amide bonds. The summed E-state index contributed by atoms with van der Waals surface area (Å²) in [5, 5.41) is -0.769. The average molecular weight is 309 g/mol. The van der Waals surface area contributed by atoms with Gasteiger partial charge in [0.05, 0.1) is 4.99 Å². The summed E-state index contributed by atoms with van der Waals surface area (Å²) in [7, 11) is -3.45. The second kappa shape index (κ2) is 8.17. The van der Waals surface area contributed by atoms with Crippen LogP contribution >= 0.6 is 12.2 Å². The van der Waals surface area contributed by atoms with Gasteiger partial charge in [-0.3, -0.25) is 0 Å². The van der Waals surface area contributed by atoms with E-state index in [1.54, 1.807) is 6.92 Å². The number of hydrogen-bond acceptors (Lipinski definition) is 3. The molecule has 4 nitrogen and oxygen atoms in total. The Bertz CT molecular complexity index is 378. The van der Waals surface area contributed by atoms with E-state index in [2.05, 4.69) is 25.5 Å². The van der Waals surface area contributed by atoms with Crippen molar-refractivity contribution < 1.29 is 8.42 Å². The molecular weight excluding hydrogens is 280 g/mol. The van der Waals surface area contributed by atoms with Gasteiger partial charge in [0.25, 0.3) is 0 Å². The quantitative estimate of drug-likeness (QED) is 0.480. The number of hydrogen-bond donors (Lipinski definition) is 2. The number of sulfonamides is 1. The monoisotopic (exact) mass is 308 g/mol. The van der Waals surface area contributed by atoms with E-state index in [1.165, 1.54) is 12.8 Å². The van der Waals surface area contributed by atoms with E-state index in [0.717, 1.165) is 12.8 Å². The first-order valence-corrected chi connectivity index (χ1v) is 8.89. The smallest absolute Gasteiger partial charge is 0.221 e. The van der Waals surface area contributed by atoms with E-state index in [0.29, 0.717) is 13.0 Å². The van der Waals surface area contributed by atoms with E-state index < -0.39 is 15.3 Å². The standard InChI is InChI=1S/C13H28N2O2S2/c1-5-7-8-9-13(3,4)10-15-19(16,17)11(6-2)12(14)18/h11,15H,5-10H2,1-4H3,(H2,14,18). The summed E-state index contributed by atoms with van der Waals surface area (Å²) in [6, 6.07) is 0. The Morgan fingerprint density at radius 3 is 2.32 bits per heavy atom. The van der Waals surface area contributed by atoms with Gasteiger partial charge in [0, 0.05) is 6.54 Å². The summed E-state index contributed by atoms with van der Waals surface area (Å²) in [5.74, 6) is 0. The molecule has 1 unspecified atom stereocenters. The third kappa shape index (κ3) is 7.22. The molecule has 0 bridgehead atoms. The van der Waals surface area contributed by atoms with Gasteiger partial charge in [0.2, 0.25) is 10.0 Å². The highest BCUT2D eigenvalue weighted by atomic mass is 32.2. The number of nitrogens with one attached hydrogen (secondary N) is 1. The Hall–Kier alpha value is -0.200. The second-order valence-electron chi connectivity index (χ2n) is 5.79. The van der Waals surface area contributed by atoms with Crippen LogP contribution in [-0.4, -0.2) is 25.2 Å². The molecule has 0 aromatic carbocycles. The topological polar surface area (TPSA) is 72.2 Å². The van der Waals surface area contributed by atoms with Gasteiger partial charge in [0.15, 0.2) is 0 Å². The number of rotatable bonds is 10. The minimum absolute atomic E-state index is 0.0405. The zero-order valence-electron chi connectivity index (χ0n) is 12.5. The first-order valence-electron chi connectivity index (χ1n) is 6.94. The maximum Gasteiger partial charge on any atom is 0.221 e. The van der Waals surface area contributed by atoms with Crippen LogP contribution in [0, 0.1) is 5.41 Å². The van der Waals surface area contributed by atoms with E-state index >= 15 is 0 Å². The van der Waals surface area contributed by atoms with Crippen molar-refractivity contribution in [2.45, 2.75) is 65.0 Å². The van der Waals surface area contributed by atoms with Crippen LogP contribution in [0.1, 0.15) is 59.8 Å². The molecule has 0 aliphatic carbocycles. The molecule has 0 heterocycles. The Kier molecular flexibility index (Phi) is 8.08. The molecule has 0 aliphatic rings. The molecule has 0 saturated heterocycles. The Morgan fingerprint density at radius 1 is 1.32 bits per heavy atom. The zero-order valence-corrected chi connectivity index (χ0v) is 14.2. The fraction of sp³-hybridized carbons (Fsp3) is 0.923. The largest absolute Gasteiger partial charge is 0.392 e. The van der Waals surface area contributed by atoms with E-state index in [1.807, 2.05) is 0 Å². The predicted octanol–water partition coefficient (Wildman–Crippen LogP) is 2.58. The molecule has 0 aliphatic heterocycles. The molecule has 0 aromatic rings. The summed E-state index contributed by atoms with van der Waals surface area (Å²) in [6.07, 6.45) is 4.88. The molecular formula is C13H28N2O2S2. The van der Waals surface area contributed by atoms with E-state index in [9.17, 15) is 8.42 Å². The van der Waals surface area contributed by atoms with Gasteiger partial charge >= 0.3 is 0 Å². The van der Waals surface area contributed by atoms with Crippen molar-refractivity contribution in [1.29, 1.82) is 0 Å². The maximum atomic E-state index is 12.1. The molecule has 0 radical (unpaired) electrons. The molecule has 0 fully saturated rings.